The van der Waals surface area contributed by atoms with E-state index in [0.29, 0.717) is 29.6 Å². The number of benzene rings is 1. The van der Waals surface area contributed by atoms with Gasteiger partial charge in [0.2, 0.25) is 0 Å². The second-order valence-electron chi connectivity index (χ2n) is 7.90. The normalized spacial score (nSPS) is 14.9. The number of hydrogen-bond acceptors (Lipinski definition) is 3. The highest BCUT2D eigenvalue weighted by atomic mass is 19.2. The van der Waals surface area contributed by atoms with Crippen LogP contribution in [0.3, 0.4) is 0 Å². The molecule has 150 valence electrons. The van der Waals surface area contributed by atoms with E-state index in [9.17, 15) is 18.4 Å². The van der Waals surface area contributed by atoms with Gasteiger partial charge in [0.25, 0.3) is 5.91 Å². The molecule has 0 bridgehead atoms. The second-order valence-corrected chi connectivity index (χ2v) is 7.90. The van der Waals surface area contributed by atoms with Gasteiger partial charge in [0.15, 0.2) is 11.6 Å². The highest BCUT2D eigenvalue weighted by molar-refractivity contribution is 6.08. The van der Waals surface area contributed by atoms with Gasteiger partial charge in [-0.05, 0) is 45.8 Å². The largest absolute Gasteiger partial charge is 0.444 e. The molecule has 1 aliphatic heterocycles. The number of primary amides is 1. The van der Waals surface area contributed by atoms with Crippen molar-refractivity contribution in [1.29, 1.82) is 0 Å². The zero-order valence-corrected chi connectivity index (χ0v) is 16.3. The van der Waals surface area contributed by atoms with Crippen molar-refractivity contribution in [3.05, 3.63) is 40.6 Å². The van der Waals surface area contributed by atoms with Crippen LogP contribution in [0.25, 0.3) is 16.5 Å². The van der Waals surface area contributed by atoms with E-state index < -0.39 is 34.8 Å². The van der Waals surface area contributed by atoms with Crippen molar-refractivity contribution in [2.24, 2.45) is 5.73 Å². The van der Waals surface area contributed by atoms with Gasteiger partial charge in [0, 0.05) is 29.7 Å². The number of hydrogen-bond donors (Lipinski definition) is 2. The number of carbonyl (C=O) groups excluding carboxylic acids is 2. The van der Waals surface area contributed by atoms with Crippen LogP contribution in [0.4, 0.5) is 13.6 Å². The number of ether oxygens (including phenoxy) is 1. The smallest absolute Gasteiger partial charge is 0.410 e. The number of aromatic nitrogens is 1. The zero-order chi connectivity index (χ0) is 20.8. The minimum absolute atomic E-state index is 0.0232. The molecule has 8 heteroatoms. The first-order valence-corrected chi connectivity index (χ1v) is 8.97. The van der Waals surface area contributed by atoms with E-state index in [-0.39, 0.29) is 17.6 Å². The Morgan fingerprint density at radius 3 is 2.54 bits per heavy atom. The molecule has 0 fully saturated rings. The lowest BCUT2D eigenvalue weighted by atomic mass is 9.94. The van der Waals surface area contributed by atoms with E-state index in [2.05, 4.69) is 4.98 Å². The van der Waals surface area contributed by atoms with Crippen LogP contribution < -0.4 is 5.73 Å². The molecule has 3 rings (SSSR count). The van der Waals surface area contributed by atoms with E-state index >= 15 is 0 Å². The molecule has 0 radical (unpaired) electrons. The summed E-state index contributed by atoms with van der Waals surface area (Å²) in [6, 6.07) is 1.63. The summed E-state index contributed by atoms with van der Waals surface area (Å²) in [6.45, 7) is 7.48. The Morgan fingerprint density at radius 2 is 1.93 bits per heavy atom. The highest BCUT2D eigenvalue weighted by Crippen LogP contribution is 2.35. The summed E-state index contributed by atoms with van der Waals surface area (Å²) in [5, 5.41) is 0.350. The van der Waals surface area contributed by atoms with Crippen LogP contribution in [-0.2, 0) is 4.74 Å². The number of fused-ring (bicyclic) bond motifs is 1. The average Bonchev–Trinajstić information content (AvgIpc) is 2.94. The van der Waals surface area contributed by atoms with E-state index in [0.717, 1.165) is 0 Å². The number of nitrogens with one attached hydrogen (secondary N) is 1. The van der Waals surface area contributed by atoms with Gasteiger partial charge < -0.3 is 20.4 Å². The molecule has 1 aliphatic rings. The Hall–Kier alpha value is -2.90. The molecule has 6 nitrogen and oxygen atoms in total. The van der Waals surface area contributed by atoms with Crippen LogP contribution in [-0.4, -0.2) is 40.6 Å². The first kappa shape index (κ1) is 19.9. The number of carbonyl (C=O) groups is 2. The fraction of sp³-hybridized carbons (Fsp3) is 0.400. The number of nitrogens with zero attached hydrogens (tertiary/aromatic N) is 1. The summed E-state index contributed by atoms with van der Waals surface area (Å²) in [5.41, 5.74) is 5.34. The monoisotopic (exact) mass is 391 g/mol. The minimum Gasteiger partial charge on any atom is -0.444 e. The van der Waals surface area contributed by atoms with Gasteiger partial charge in [0.1, 0.15) is 11.2 Å². The molecular weight excluding hydrogens is 368 g/mol. The lowest BCUT2D eigenvalue weighted by Gasteiger charge is -2.30. The Labute approximate surface area is 161 Å². The molecule has 28 heavy (non-hydrogen) atoms. The van der Waals surface area contributed by atoms with Crippen LogP contribution in [0.15, 0.2) is 12.1 Å². The molecule has 2 aromatic rings. The molecule has 0 saturated heterocycles. The molecule has 2 heterocycles. The van der Waals surface area contributed by atoms with Gasteiger partial charge >= 0.3 is 6.09 Å². The Bertz CT molecular complexity index is 1000. The summed E-state index contributed by atoms with van der Waals surface area (Å²) in [6.07, 6.45) is 1.72. The maximum atomic E-state index is 15.0. The summed E-state index contributed by atoms with van der Waals surface area (Å²) >= 11 is 0. The quantitative estimate of drug-likeness (QED) is 0.814. The number of H-pyrrole nitrogens is 1. The van der Waals surface area contributed by atoms with Gasteiger partial charge in [0.05, 0.1) is 5.52 Å². The second kappa shape index (κ2) is 6.92. The molecule has 0 spiro atoms. The fourth-order valence-electron chi connectivity index (χ4n) is 3.38. The Morgan fingerprint density at radius 1 is 1.25 bits per heavy atom. The number of halogens is 2. The number of aromatic amines is 1. The minimum atomic E-state index is -1.30. The molecule has 0 saturated carbocycles. The lowest BCUT2D eigenvalue weighted by molar-refractivity contribution is 0.0273. The molecular formula is C20H23F2N3O3. The van der Waals surface area contributed by atoms with Crippen LogP contribution >= 0.6 is 0 Å². The van der Waals surface area contributed by atoms with Crippen LogP contribution in [0.5, 0.6) is 0 Å². The van der Waals surface area contributed by atoms with Gasteiger partial charge in [-0.25, -0.2) is 13.6 Å². The molecule has 1 aromatic heterocycles. The van der Waals surface area contributed by atoms with E-state index in [4.69, 9.17) is 10.5 Å². The molecule has 0 unspecified atom stereocenters. The molecule has 0 atom stereocenters. The van der Waals surface area contributed by atoms with Crippen molar-refractivity contribution < 1.29 is 23.1 Å². The third-order valence-corrected chi connectivity index (χ3v) is 4.47. The van der Waals surface area contributed by atoms with E-state index in [1.807, 2.05) is 0 Å². The number of amides is 2. The predicted octanol–water partition coefficient (Wildman–Crippen LogP) is 3.88. The van der Waals surface area contributed by atoms with Crippen molar-refractivity contribution in [2.45, 2.75) is 39.7 Å². The van der Waals surface area contributed by atoms with Gasteiger partial charge in [-0.2, -0.15) is 0 Å². The van der Waals surface area contributed by atoms with Crippen LogP contribution in [0.2, 0.25) is 0 Å². The van der Waals surface area contributed by atoms with Crippen molar-refractivity contribution in [1.82, 2.24) is 9.88 Å². The number of nitrogens with two attached hydrogens (primary N) is 1. The third-order valence-electron chi connectivity index (χ3n) is 4.47. The lowest BCUT2D eigenvalue weighted by Crippen LogP contribution is -2.39. The zero-order valence-electron chi connectivity index (χ0n) is 16.3. The van der Waals surface area contributed by atoms with Gasteiger partial charge in [-0.15, -0.1) is 0 Å². The van der Waals surface area contributed by atoms with Crippen molar-refractivity contribution in [3.8, 4) is 0 Å². The first-order valence-electron chi connectivity index (χ1n) is 8.97. The maximum absolute atomic E-state index is 15.0. The first-order chi connectivity index (χ1) is 13.0. The topological polar surface area (TPSA) is 88.4 Å². The number of rotatable bonds is 2. The molecule has 0 aliphatic carbocycles. The van der Waals surface area contributed by atoms with Gasteiger partial charge in [-0.3, -0.25) is 4.79 Å². The summed E-state index contributed by atoms with van der Waals surface area (Å²) in [5.74, 6) is -3.51. The van der Waals surface area contributed by atoms with Crippen LogP contribution in [0, 0.1) is 18.6 Å². The molecule has 3 N–H and O–H groups in total. The average molecular weight is 391 g/mol. The summed E-state index contributed by atoms with van der Waals surface area (Å²) < 4.78 is 35.0. The molecule has 2 amide bonds. The van der Waals surface area contributed by atoms with Crippen molar-refractivity contribution in [3.63, 3.8) is 0 Å². The van der Waals surface area contributed by atoms with Crippen molar-refractivity contribution >= 4 is 28.5 Å². The van der Waals surface area contributed by atoms with E-state index in [1.54, 1.807) is 39.8 Å². The Balaban J connectivity index is 2.08. The maximum Gasteiger partial charge on any atom is 0.410 e. The summed E-state index contributed by atoms with van der Waals surface area (Å²) in [4.78, 5) is 28.4. The predicted molar refractivity (Wildman–Crippen MR) is 102 cm³/mol. The van der Waals surface area contributed by atoms with Crippen LogP contribution in [0.1, 0.15) is 48.8 Å². The SMILES string of the molecule is Cc1cc2c(C3=CCCN(C(=O)OC(C)(C)C)C3)c(F)c(F)c(C(N)=O)c2[nH]1. The Kier molecular flexibility index (Phi) is 4.91. The van der Waals surface area contributed by atoms with Gasteiger partial charge in [-0.1, -0.05) is 6.08 Å². The van der Waals surface area contributed by atoms with E-state index in [1.165, 1.54) is 4.90 Å². The summed E-state index contributed by atoms with van der Waals surface area (Å²) in [7, 11) is 0. The molecule has 1 aromatic carbocycles. The highest BCUT2D eigenvalue weighted by Gasteiger charge is 2.30. The fourth-order valence-corrected chi connectivity index (χ4v) is 3.38. The standard InChI is InChI=1S/C20H23F2N3O3/c1-10-8-12-13(15(21)16(22)14(18(23)26)17(12)24-10)11-6-5-7-25(9-11)19(27)28-20(2,3)4/h6,8,24H,5,7,9H2,1-4H3,(H2,23,26). The number of aryl methyl sites for hydroxylation is 1. The third kappa shape index (κ3) is 3.58. The van der Waals surface area contributed by atoms with Crippen molar-refractivity contribution in [2.75, 3.05) is 13.1 Å².